The van der Waals surface area contributed by atoms with Crippen molar-refractivity contribution >= 4 is 17.2 Å². The van der Waals surface area contributed by atoms with Gasteiger partial charge in [-0.3, -0.25) is 0 Å². The molecule has 7 nitrogen and oxygen atoms in total. The Hall–Kier alpha value is -3.12. The molecule has 2 heterocycles. The van der Waals surface area contributed by atoms with Gasteiger partial charge in [-0.15, -0.1) is 21.5 Å². The summed E-state index contributed by atoms with van der Waals surface area (Å²) in [7, 11) is 0. The fourth-order valence-corrected chi connectivity index (χ4v) is 7.31. The van der Waals surface area contributed by atoms with Crippen molar-refractivity contribution in [3.63, 3.8) is 0 Å². The van der Waals surface area contributed by atoms with Gasteiger partial charge in [0.25, 0.3) is 0 Å². The monoisotopic (exact) mass is 504 g/mol. The molecule has 0 radical (unpaired) electrons. The highest BCUT2D eigenvalue weighted by Gasteiger charge is 2.56. The molecule has 0 amide bonds. The Morgan fingerprint density at radius 2 is 2.00 bits per heavy atom. The first-order valence-electron chi connectivity index (χ1n) is 12.6. The van der Waals surface area contributed by atoms with E-state index in [1.807, 2.05) is 6.07 Å². The number of phenols is 1. The summed E-state index contributed by atoms with van der Waals surface area (Å²) in [5.41, 5.74) is 1.05. The van der Waals surface area contributed by atoms with Crippen LogP contribution in [0.25, 0.3) is 22.0 Å². The minimum Gasteiger partial charge on any atom is -0.507 e. The Bertz CT molecular complexity index is 1330. The van der Waals surface area contributed by atoms with E-state index in [0.717, 1.165) is 44.9 Å². The maximum atomic E-state index is 16.0. The lowest BCUT2D eigenvalue weighted by Gasteiger charge is -2.56. The number of phenolic OH excluding ortho intramolecular Hbond substituents is 1. The van der Waals surface area contributed by atoms with Crippen LogP contribution in [0.15, 0.2) is 30.6 Å². The molecule has 1 N–H and O–H groups in total. The summed E-state index contributed by atoms with van der Waals surface area (Å²) in [4.78, 5) is 11.4. The second-order valence-electron chi connectivity index (χ2n) is 11.3. The summed E-state index contributed by atoms with van der Waals surface area (Å²) in [5, 5.41) is 29.2. The lowest BCUT2D eigenvalue weighted by molar-refractivity contribution is -0.0554. The van der Waals surface area contributed by atoms with Crippen LogP contribution in [0.4, 0.5) is 10.2 Å². The molecular formula is C27H29FN6OS. The molecule has 2 aromatic heterocycles. The van der Waals surface area contributed by atoms with Crippen LogP contribution in [0.1, 0.15) is 63.7 Å². The van der Waals surface area contributed by atoms with E-state index in [0.29, 0.717) is 32.7 Å². The Balaban J connectivity index is 1.28. The van der Waals surface area contributed by atoms with Gasteiger partial charge in [0, 0.05) is 17.0 Å². The largest absolute Gasteiger partial charge is 0.507 e. The summed E-state index contributed by atoms with van der Waals surface area (Å²) >= 11 is 1.27. The van der Waals surface area contributed by atoms with Crippen LogP contribution in [0, 0.1) is 22.2 Å². The molecule has 0 aliphatic heterocycles. The highest BCUT2D eigenvalue weighted by Crippen LogP contribution is 2.58. The van der Waals surface area contributed by atoms with Crippen molar-refractivity contribution in [2.75, 3.05) is 4.90 Å². The lowest BCUT2D eigenvalue weighted by Crippen LogP contribution is -2.58. The van der Waals surface area contributed by atoms with Crippen molar-refractivity contribution in [2.45, 2.75) is 77.0 Å². The molecule has 4 atom stereocenters. The predicted octanol–water partition coefficient (Wildman–Crippen LogP) is 5.91. The number of rotatable bonds is 5. The van der Waals surface area contributed by atoms with Gasteiger partial charge >= 0.3 is 0 Å². The first-order valence-corrected chi connectivity index (χ1v) is 13.4. The van der Waals surface area contributed by atoms with E-state index in [9.17, 15) is 5.11 Å². The van der Waals surface area contributed by atoms with Crippen LogP contribution in [-0.4, -0.2) is 43.5 Å². The van der Waals surface area contributed by atoms with E-state index in [2.05, 4.69) is 45.0 Å². The zero-order chi connectivity index (χ0) is 25.1. The minimum atomic E-state index is -0.906. The standard InChI is InChI=1S/C27H29FN6OS/c1-26-8-3-9-27(2,15-26)23(28)20(11-26)34(17-5-6-17)22-14-30-24(33-32-22)19-7-4-16(10-21(19)35)25-31-13-18(12-29)36-25/h4,7,10,13-14,17,20,23,35H,3,5-6,8-9,11,15H2,1-2H3/t20-,23-,26-,27-/m0/s1. The predicted molar refractivity (Wildman–Crippen MR) is 136 cm³/mol. The van der Waals surface area contributed by atoms with Gasteiger partial charge in [0.2, 0.25) is 0 Å². The van der Waals surface area contributed by atoms with Crippen molar-refractivity contribution < 1.29 is 9.50 Å². The maximum Gasteiger partial charge on any atom is 0.185 e. The number of halogens is 1. The number of aromatic hydroxyl groups is 1. The third-order valence-electron chi connectivity index (χ3n) is 8.28. The highest BCUT2D eigenvalue weighted by atomic mass is 32.1. The van der Waals surface area contributed by atoms with Crippen LogP contribution >= 0.6 is 11.3 Å². The Morgan fingerprint density at radius 1 is 1.17 bits per heavy atom. The average molecular weight is 505 g/mol. The number of benzene rings is 1. The van der Waals surface area contributed by atoms with Gasteiger partial charge < -0.3 is 10.0 Å². The van der Waals surface area contributed by atoms with Crippen LogP contribution in [0.2, 0.25) is 0 Å². The molecule has 0 saturated heterocycles. The molecule has 3 saturated carbocycles. The van der Waals surface area contributed by atoms with Crippen molar-refractivity contribution in [1.29, 1.82) is 5.26 Å². The topological polar surface area (TPSA) is 98.8 Å². The quantitative estimate of drug-likeness (QED) is 0.461. The molecule has 0 unspecified atom stereocenters. The van der Waals surface area contributed by atoms with Crippen LogP contribution in [-0.2, 0) is 0 Å². The summed E-state index contributed by atoms with van der Waals surface area (Å²) in [6, 6.07) is 7.29. The number of aromatic nitrogens is 4. The first kappa shape index (κ1) is 23.3. The average Bonchev–Trinajstić information content (AvgIpc) is 3.57. The smallest absolute Gasteiger partial charge is 0.185 e. The van der Waals surface area contributed by atoms with Gasteiger partial charge in [-0.1, -0.05) is 26.3 Å². The fraction of sp³-hybridized carbons (Fsp3) is 0.519. The summed E-state index contributed by atoms with van der Waals surface area (Å²) in [6.45, 7) is 4.44. The second-order valence-corrected chi connectivity index (χ2v) is 12.4. The Kier molecular flexibility index (Phi) is 5.48. The molecule has 2 bridgehead atoms. The summed E-state index contributed by atoms with van der Waals surface area (Å²) < 4.78 is 16.0. The molecule has 9 heteroatoms. The number of nitrogens with zero attached hydrogens (tertiary/aromatic N) is 6. The van der Waals surface area contributed by atoms with Gasteiger partial charge in [-0.2, -0.15) is 5.26 Å². The maximum absolute atomic E-state index is 16.0. The number of nitriles is 1. The minimum absolute atomic E-state index is 0.0135. The molecule has 3 aliphatic rings. The van der Waals surface area contributed by atoms with E-state index >= 15 is 4.39 Å². The van der Waals surface area contributed by atoms with Crippen LogP contribution in [0.3, 0.4) is 0 Å². The first-order chi connectivity index (χ1) is 17.3. The third-order valence-corrected chi connectivity index (χ3v) is 9.23. The highest BCUT2D eigenvalue weighted by molar-refractivity contribution is 7.15. The van der Waals surface area contributed by atoms with Gasteiger partial charge in [0.05, 0.1) is 24.0 Å². The second kappa shape index (κ2) is 8.48. The van der Waals surface area contributed by atoms with Crippen molar-refractivity contribution in [2.24, 2.45) is 10.8 Å². The molecule has 6 rings (SSSR count). The van der Waals surface area contributed by atoms with E-state index in [1.165, 1.54) is 17.5 Å². The summed E-state index contributed by atoms with van der Waals surface area (Å²) in [6.07, 6.45) is 9.33. The number of hydrogen-bond acceptors (Lipinski definition) is 8. The number of hydrogen-bond donors (Lipinski definition) is 1. The van der Waals surface area contributed by atoms with Crippen LogP contribution < -0.4 is 4.90 Å². The van der Waals surface area contributed by atoms with Crippen molar-refractivity contribution in [1.82, 2.24) is 20.2 Å². The van der Waals surface area contributed by atoms with Crippen molar-refractivity contribution in [3.05, 3.63) is 35.5 Å². The SMILES string of the molecule is C[C@@]12CCC[C@@](C)(C1)[C@@H](F)[C@@H](N(c1cnc(-c3ccc(-c4ncc(C#N)s4)cc3O)nn1)C1CC1)C2. The fourth-order valence-electron chi connectivity index (χ4n) is 6.60. The molecule has 0 spiro atoms. The van der Waals surface area contributed by atoms with Gasteiger partial charge in [-0.25, -0.2) is 14.4 Å². The van der Waals surface area contributed by atoms with Crippen LogP contribution in [0.5, 0.6) is 5.75 Å². The molecule has 3 fully saturated rings. The summed E-state index contributed by atoms with van der Waals surface area (Å²) in [5.74, 6) is 0.940. The van der Waals surface area contributed by atoms with Gasteiger partial charge in [-0.05, 0) is 56.1 Å². The zero-order valence-electron chi connectivity index (χ0n) is 20.5. The number of thiazole rings is 1. The van der Waals surface area contributed by atoms with Gasteiger partial charge in [0.1, 0.15) is 27.9 Å². The Morgan fingerprint density at radius 3 is 2.67 bits per heavy atom. The molecule has 186 valence electrons. The zero-order valence-corrected chi connectivity index (χ0v) is 21.3. The molecule has 3 aliphatic carbocycles. The number of alkyl halides is 1. The molecule has 3 aromatic rings. The lowest BCUT2D eigenvalue weighted by atomic mass is 9.54. The van der Waals surface area contributed by atoms with Gasteiger partial charge in [0.15, 0.2) is 11.6 Å². The number of fused-ring (bicyclic) bond motifs is 2. The number of anilines is 1. The van der Waals surface area contributed by atoms with Crippen molar-refractivity contribution in [3.8, 4) is 33.8 Å². The third kappa shape index (κ3) is 4.01. The molecular weight excluding hydrogens is 475 g/mol. The normalized spacial score (nSPS) is 29.5. The van der Waals surface area contributed by atoms with E-state index in [4.69, 9.17) is 5.26 Å². The van der Waals surface area contributed by atoms with E-state index in [1.54, 1.807) is 18.3 Å². The Labute approximate surface area is 214 Å². The van der Waals surface area contributed by atoms with E-state index in [-0.39, 0.29) is 28.7 Å². The van der Waals surface area contributed by atoms with E-state index < -0.39 is 6.17 Å². The molecule has 1 aromatic carbocycles. The molecule has 36 heavy (non-hydrogen) atoms.